The molecule has 1 fully saturated rings. The van der Waals surface area contributed by atoms with Crippen molar-refractivity contribution in [3.05, 3.63) is 0 Å². The Morgan fingerprint density at radius 3 is 2.50 bits per heavy atom. The van der Waals surface area contributed by atoms with Gasteiger partial charge in [-0.15, -0.1) is 0 Å². The first kappa shape index (κ1) is 15.9. The Bertz CT molecular complexity index is 193. The molecular weight excluding hydrogens is 226 g/mol. The van der Waals surface area contributed by atoms with Crippen LogP contribution in [0.5, 0.6) is 0 Å². The van der Waals surface area contributed by atoms with Crippen molar-refractivity contribution in [3.63, 3.8) is 0 Å². The van der Waals surface area contributed by atoms with Gasteiger partial charge in [0.15, 0.2) is 0 Å². The molecule has 0 aliphatic carbocycles. The zero-order valence-corrected chi connectivity index (χ0v) is 12.5. The van der Waals surface area contributed by atoms with Crippen molar-refractivity contribution in [1.82, 2.24) is 15.1 Å². The van der Waals surface area contributed by atoms with Gasteiger partial charge in [-0.05, 0) is 46.8 Å². The standard InChI is InChI=1S/C14H31N3O/c1-14(2)18-13-5-9-16(3)8-4-10-17-11-6-15-7-12-17/h14-15H,4-13H2,1-3H3. The third-order valence-corrected chi connectivity index (χ3v) is 3.36. The molecular formula is C14H31N3O. The smallest absolute Gasteiger partial charge is 0.0518 e. The number of ether oxygens (including phenoxy) is 1. The molecule has 1 aliphatic heterocycles. The van der Waals surface area contributed by atoms with Crippen LogP contribution in [-0.2, 0) is 4.74 Å². The van der Waals surface area contributed by atoms with Crippen LogP contribution in [0.4, 0.5) is 0 Å². The maximum absolute atomic E-state index is 5.55. The highest BCUT2D eigenvalue weighted by atomic mass is 16.5. The molecule has 4 nitrogen and oxygen atoms in total. The normalized spacial score (nSPS) is 17.8. The molecule has 0 amide bonds. The summed E-state index contributed by atoms with van der Waals surface area (Å²) in [6, 6.07) is 0. The molecule has 0 atom stereocenters. The molecule has 4 heteroatoms. The van der Waals surface area contributed by atoms with E-state index in [1.165, 1.54) is 32.6 Å². The summed E-state index contributed by atoms with van der Waals surface area (Å²) in [5.74, 6) is 0. The average Bonchev–Trinajstić information content (AvgIpc) is 2.36. The molecule has 0 radical (unpaired) electrons. The van der Waals surface area contributed by atoms with Crippen molar-refractivity contribution in [2.45, 2.75) is 32.8 Å². The van der Waals surface area contributed by atoms with Crippen LogP contribution in [0.3, 0.4) is 0 Å². The second-order valence-electron chi connectivity index (χ2n) is 5.52. The van der Waals surface area contributed by atoms with Gasteiger partial charge in [0.05, 0.1) is 6.10 Å². The van der Waals surface area contributed by atoms with E-state index in [9.17, 15) is 0 Å². The fourth-order valence-electron chi connectivity index (χ4n) is 2.26. The number of hydrogen-bond donors (Lipinski definition) is 1. The first-order chi connectivity index (χ1) is 8.68. The zero-order valence-electron chi connectivity index (χ0n) is 12.5. The van der Waals surface area contributed by atoms with E-state index in [0.29, 0.717) is 6.10 Å². The van der Waals surface area contributed by atoms with E-state index < -0.39 is 0 Å². The lowest BCUT2D eigenvalue weighted by atomic mass is 10.3. The van der Waals surface area contributed by atoms with Gasteiger partial charge in [-0.1, -0.05) is 0 Å². The van der Waals surface area contributed by atoms with E-state index >= 15 is 0 Å². The SMILES string of the molecule is CC(C)OCCCN(C)CCCN1CCNCC1. The Morgan fingerprint density at radius 2 is 1.83 bits per heavy atom. The first-order valence-corrected chi connectivity index (χ1v) is 7.41. The lowest BCUT2D eigenvalue weighted by Crippen LogP contribution is -2.44. The maximum atomic E-state index is 5.55. The summed E-state index contributed by atoms with van der Waals surface area (Å²) in [5.41, 5.74) is 0. The minimum atomic E-state index is 0.364. The van der Waals surface area contributed by atoms with E-state index in [4.69, 9.17) is 4.74 Å². The van der Waals surface area contributed by atoms with Crippen LogP contribution in [0.2, 0.25) is 0 Å². The Morgan fingerprint density at radius 1 is 1.17 bits per heavy atom. The van der Waals surface area contributed by atoms with Crippen LogP contribution in [0, 0.1) is 0 Å². The Labute approximate surface area is 113 Å². The maximum Gasteiger partial charge on any atom is 0.0518 e. The minimum Gasteiger partial charge on any atom is -0.379 e. The van der Waals surface area contributed by atoms with Crippen molar-refractivity contribution in [1.29, 1.82) is 0 Å². The predicted molar refractivity (Wildman–Crippen MR) is 77.1 cm³/mol. The molecule has 0 aromatic heterocycles. The topological polar surface area (TPSA) is 27.7 Å². The molecule has 1 aliphatic rings. The lowest BCUT2D eigenvalue weighted by molar-refractivity contribution is 0.0718. The van der Waals surface area contributed by atoms with Gasteiger partial charge in [-0.25, -0.2) is 0 Å². The summed E-state index contributed by atoms with van der Waals surface area (Å²) in [7, 11) is 2.22. The summed E-state index contributed by atoms with van der Waals surface area (Å²) in [6.07, 6.45) is 2.78. The van der Waals surface area contributed by atoms with Gasteiger partial charge in [-0.2, -0.15) is 0 Å². The van der Waals surface area contributed by atoms with Gasteiger partial charge in [0, 0.05) is 39.3 Å². The van der Waals surface area contributed by atoms with Crippen LogP contribution in [0.15, 0.2) is 0 Å². The summed E-state index contributed by atoms with van der Waals surface area (Å²) >= 11 is 0. The first-order valence-electron chi connectivity index (χ1n) is 7.41. The number of rotatable bonds is 9. The van der Waals surface area contributed by atoms with E-state index in [2.05, 4.69) is 36.0 Å². The van der Waals surface area contributed by atoms with Crippen LogP contribution < -0.4 is 5.32 Å². The number of piperazine rings is 1. The highest BCUT2D eigenvalue weighted by molar-refractivity contribution is 4.67. The summed E-state index contributed by atoms with van der Waals surface area (Å²) in [4.78, 5) is 4.98. The minimum absolute atomic E-state index is 0.364. The monoisotopic (exact) mass is 257 g/mol. The van der Waals surface area contributed by atoms with Crippen molar-refractivity contribution in [3.8, 4) is 0 Å². The third kappa shape index (κ3) is 8.03. The molecule has 1 N–H and O–H groups in total. The molecule has 0 aromatic rings. The van der Waals surface area contributed by atoms with Crippen LogP contribution in [0.25, 0.3) is 0 Å². The van der Waals surface area contributed by atoms with E-state index in [-0.39, 0.29) is 0 Å². The molecule has 0 aromatic carbocycles. The second-order valence-corrected chi connectivity index (χ2v) is 5.52. The van der Waals surface area contributed by atoms with E-state index in [1.54, 1.807) is 0 Å². The predicted octanol–water partition coefficient (Wildman–Crippen LogP) is 1.03. The molecule has 108 valence electrons. The molecule has 0 bridgehead atoms. The van der Waals surface area contributed by atoms with E-state index in [1.807, 2.05) is 0 Å². The molecule has 0 saturated carbocycles. The van der Waals surface area contributed by atoms with Crippen LogP contribution in [-0.4, -0.2) is 75.4 Å². The molecule has 0 unspecified atom stereocenters. The molecule has 1 saturated heterocycles. The largest absolute Gasteiger partial charge is 0.379 e. The highest BCUT2D eigenvalue weighted by Crippen LogP contribution is 1.97. The van der Waals surface area contributed by atoms with Crippen molar-refractivity contribution >= 4 is 0 Å². The van der Waals surface area contributed by atoms with Gasteiger partial charge in [0.25, 0.3) is 0 Å². The summed E-state index contributed by atoms with van der Waals surface area (Å²) in [6.45, 7) is 13.4. The number of nitrogens with one attached hydrogen (secondary N) is 1. The van der Waals surface area contributed by atoms with Gasteiger partial charge >= 0.3 is 0 Å². The van der Waals surface area contributed by atoms with Gasteiger partial charge in [-0.3, -0.25) is 0 Å². The quantitative estimate of drug-likeness (QED) is 0.624. The molecule has 0 spiro atoms. The zero-order chi connectivity index (χ0) is 13.2. The summed E-state index contributed by atoms with van der Waals surface area (Å²) < 4.78 is 5.55. The van der Waals surface area contributed by atoms with Crippen LogP contribution >= 0.6 is 0 Å². The Balaban J connectivity index is 1.91. The van der Waals surface area contributed by atoms with Crippen molar-refractivity contribution in [2.75, 3.05) is 59.5 Å². The molecule has 18 heavy (non-hydrogen) atoms. The fraction of sp³-hybridized carbons (Fsp3) is 1.00. The second kappa shape index (κ2) is 9.73. The summed E-state index contributed by atoms with van der Waals surface area (Å²) in [5, 5.41) is 3.39. The Kier molecular flexibility index (Phi) is 8.59. The molecule has 1 heterocycles. The van der Waals surface area contributed by atoms with Crippen molar-refractivity contribution < 1.29 is 4.74 Å². The van der Waals surface area contributed by atoms with Gasteiger partial charge in [0.1, 0.15) is 0 Å². The van der Waals surface area contributed by atoms with Crippen molar-refractivity contribution in [2.24, 2.45) is 0 Å². The third-order valence-electron chi connectivity index (χ3n) is 3.36. The highest BCUT2D eigenvalue weighted by Gasteiger charge is 2.08. The van der Waals surface area contributed by atoms with Crippen LogP contribution in [0.1, 0.15) is 26.7 Å². The van der Waals surface area contributed by atoms with Gasteiger partial charge in [0.2, 0.25) is 0 Å². The van der Waals surface area contributed by atoms with Gasteiger partial charge < -0.3 is 19.9 Å². The number of hydrogen-bond acceptors (Lipinski definition) is 4. The Hall–Kier alpha value is -0.160. The number of nitrogens with zero attached hydrogens (tertiary/aromatic N) is 2. The van der Waals surface area contributed by atoms with E-state index in [0.717, 1.165) is 32.7 Å². The average molecular weight is 257 g/mol. The lowest BCUT2D eigenvalue weighted by Gasteiger charge is -2.28. The fourth-order valence-corrected chi connectivity index (χ4v) is 2.26. The molecule has 1 rings (SSSR count).